The van der Waals surface area contributed by atoms with Gasteiger partial charge in [-0.05, 0) is 0 Å². The van der Waals surface area contributed by atoms with Gasteiger partial charge in [-0.15, -0.1) is 10.9 Å². The van der Waals surface area contributed by atoms with Crippen molar-refractivity contribution in [2.24, 2.45) is 0 Å². The maximum atomic E-state index is 8.49. The Kier molecular flexibility index (Phi) is 3.83. The Balaban J connectivity index is 0.000000720. The molecule has 0 unspecified atom stereocenters. The van der Waals surface area contributed by atoms with Gasteiger partial charge in [-0.25, -0.2) is 0 Å². The van der Waals surface area contributed by atoms with Crippen molar-refractivity contribution in [1.82, 2.24) is 0 Å². The predicted molar refractivity (Wildman–Crippen MR) is 44.5 cm³/mol. The molecule has 0 saturated carbocycles. The van der Waals surface area contributed by atoms with Crippen molar-refractivity contribution in [1.29, 1.82) is 5.39 Å². The molecule has 1 aliphatic rings. The van der Waals surface area contributed by atoms with Gasteiger partial charge in [0.05, 0.1) is 0 Å². The normalized spacial score (nSPS) is 14.2. The van der Waals surface area contributed by atoms with E-state index in [2.05, 4.69) is 11.0 Å². The van der Waals surface area contributed by atoms with Crippen molar-refractivity contribution in [2.75, 3.05) is 0 Å². The van der Waals surface area contributed by atoms with Crippen LogP contribution in [0.2, 0.25) is 0 Å². The van der Waals surface area contributed by atoms with Gasteiger partial charge in [-0.3, -0.25) is 0 Å². The monoisotopic (exact) mass is 253 g/mol. The maximum absolute atomic E-state index is 8.49. The van der Waals surface area contributed by atoms with Crippen LogP contribution in [0.15, 0.2) is 0 Å². The molecule has 1 aromatic heterocycles. The Morgan fingerprint density at radius 1 is 1.33 bits per heavy atom. The average Bonchev–Trinajstić information content (AvgIpc) is 2.46. The van der Waals surface area contributed by atoms with Gasteiger partial charge in [0.15, 0.2) is 4.98 Å². The SMILES string of the molecule is N#[N+]c1[c-]c2c(s1)CCCC2.[Y]. The van der Waals surface area contributed by atoms with E-state index in [9.17, 15) is 0 Å². The van der Waals surface area contributed by atoms with Crippen molar-refractivity contribution < 1.29 is 32.7 Å². The van der Waals surface area contributed by atoms with Crippen LogP contribution in [0.4, 0.5) is 5.00 Å². The van der Waals surface area contributed by atoms with Crippen molar-refractivity contribution in [3.63, 3.8) is 0 Å². The third-order valence-electron chi connectivity index (χ3n) is 1.99. The fraction of sp³-hybridized carbons (Fsp3) is 0.500. The van der Waals surface area contributed by atoms with Crippen LogP contribution >= 0.6 is 11.3 Å². The molecule has 2 rings (SSSR count). The van der Waals surface area contributed by atoms with E-state index >= 15 is 0 Å². The molecule has 0 N–H and O–H groups in total. The first kappa shape index (κ1) is 10.3. The van der Waals surface area contributed by atoms with E-state index in [0.29, 0.717) is 5.00 Å². The van der Waals surface area contributed by atoms with Crippen molar-refractivity contribution in [2.45, 2.75) is 25.7 Å². The number of diazo groups is 1. The molecule has 0 atom stereocenters. The second-order valence-electron chi connectivity index (χ2n) is 2.74. The van der Waals surface area contributed by atoms with E-state index in [1.807, 2.05) is 0 Å². The molecule has 0 aromatic carbocycles. The molecule has 0 fully saturated rings. The third kappa shape index (κ3) is 1.93. The summed E-state index contributed by atoms with van der Waals surface area (Å²) in [4.78, 5) is 4.50. The number of hydrogen-bond donors (Lipinski definition) is 0. The van der Waals surface area contributed by atoms with Crippen molar-refractivity contribution in [3.05, 3.63) is 21.5 Å². The topological polar surface area (TPSA) is 28.1 Å². The van der Waals surface area contributed by atoms with Gasteiger partial charge in [0.1, 0.15) is 0 Å². The zero-order chi connectivity index (χ0) is 7.68. The second kappa shape index (κ2) is 4.46. The van der Waals surface area contributed by atoms with Gasteiger partial charge in [0, 0.05) is 32.7 Å². The van der Waals surface area contributed by atoms with Crippen LogP contribution in [0.25, 0.3) is 4.98 Å². The van der Waals surface area contributed by atoms with E-state index in [4.69, 9.17) is 5.39 Å². The molecule has 1 aromatic rings. The summed E-state index contributed by atoms with van der Waals surface area (Å²) in [7, 11) is 0. The molecular weight excluding hydrogens is 245 g/mol. The van der Waals surface area contributed by atoms with Gasteiger partial charge in [-0.1, -0.05) is 25.7 Å². The first-order valence-corrected chi connectivity index (χ1v) is 4.61. The van der Waals surface area contributed by atoms with Gasteiger partial charge >= 0.3 is 5.00 Å². The van der Waals surface area contributed by atoms with Gasteiger partial charge in [-0.2, -0.15) is 16.9 Å². The molecule has 0 spiro atoms. The summed E-state index contributed by atoms with van der Waals surface area (Å²) >= 11 is 1.56. The molecule has 1 heterocycles. The van der Waals surface area contributed by atoms with Crippen LogP contribution in [0.5, 0.6) is 0 Å². The molecule has 0 bridgehead atoms. The molecule has 0 saturated heterocycles. The molecule has 12 heavy (non-hydrogen) atoms. The fourth-order valence-electron chi connectivity index (χ4n) is 1.44. The van der Waals surface area contributed by atoms with Crippen LogP contribution in [0.3, 0.4) is 0 Å². The van der Waals surface area contributed by atoms with E-state index in [-0.39, 0.29) is 32.7 Å². The predicted octanol–water partition coefficient (Wildman–Crippen LogP) is 2.91. The number of hydrogen-bond acceptors (Lipinski definition) is 2. The van der Waals surface area contributed by atoms with Crippen LogP contribution in [-0.4, -0.2) is 0 Å². The quantitative estimate of drug-likeness (QED) is 0.516. The zero-order valence-corrected chi connectivity index (χ0v) is 10.4. The molecular formula is C8H8N2SY. The molecule has 4 heteroatoms. The Hall–Kier alpha value is 0.224. The van der Waals surface area contributed by atoms with Crippen LogP contribution < -0.4 is 0 Å². The third-order valence-corrected chi connectivity index (χ3v) is 3.06. The Bertz CT molecular complexity index is 290. The minimum absolute atomic E-state index is 0. The Labute approximate surface area is 101 Å². The Morgan fingerprint density at radius 2 is 2.08 bits per heavy atom. The first-order chi connectivity index (χ1) is 5.40. The van der Waals surface area contributed by atoms with E-state index in [1.54, 1.807) is 11.3 Å². The summed E-state index contributed by atoms with van der Waals surface area (Å²) < 4.78 is 0. The maximum Gasteiger partial charge on any atom is 0.338 e. The van der Waals surface area contributed by atoms with Gasteiger partial charge in [0.2, 0.25) is 5.39 Å². The molecule has 1 radical (unpaired) electrons. The minimum Gasteiger partial charge on any atom is -0.198 e. The summed E-state index contributed by atoms with van der Waals surface area (Å²) in [6, 6.07) is 3.09. The molecule has 1 aliphatic carbocycles. The number of aryl methyl sites for hydroxylation is 2. The van der Waals surface area contributed by atoms with Crippen LogP contribution in [-0.2, 0) is 45.6 Å². The summed E-state index contributed by atoms with van der Waals surface area (Å²) in [5.41, 5.74) is 1.27. The van der Waals surface area contributed by atoms with Gasteiger partial charge < -0.3 is 0 Å². The van der Waals surface area contributed by atoms with Crippen LogP contribution in [0.1, 0.15) is 23.3 Å². The van der Waals surface area contributed by atoms with E-state index < -0.39 is 0 Å². The smallest absolute Gasteiger partial charge is 0.198 e. The average molecular weight is 253 g/mol. The zero-order valence-electron chi connectivity index (χ0n) is 6.71. The summed E-state index contributed by atoms with van der Waals surface area (Å²) in [6.45, 7) is 0. The fourth-order valence-corrected chi connectivity index (χ4v) is 2.41. The molecule has 0 amide bonds. The summed E-state index contributed by atoms with van der Waals surface area (Å²) in [6.07, 6.45) is 4.78. The van der Waals surface area contributed by atoms with E-state index in [0.717, 1.165) is 12.8 Å². The summed E-state index contributed by atoms with van der Waals surface area (Å²) in [5, 5.41) is 9.13. The number of thiophene rings is 1. The molecule has 59 valence electrons. The molecule has 0 aliphatic heterocycles. The van der Waals surface area contributed by atoms with Crippen molar-refractivity contribution in [3.8, 4) is 0 Å². The molecule has 2 nitrogen and oxygen atoms in total. The number of fused-ring (bicyclic) bond motifs is 1. The van der Waals surface area contributed by atoms with Crippen molar-refractivity contribution >= 4 is 16.3 Å². The largest absolute Gasteiger partial charge is 0.338 e. The minimum atomic E-state index is 0. The standard InChI is InChI=1S/C8H8N2S.Y/c9-10-8-5-6-3-1-2-4-7(6)11-8;/h1-4H2;. The first-order valence-electron chi connectivity index (χ1n) is 3.79. The van der Waals surface area contributed by atoms with E-state index in [1.165, 1.54) is 23.3 Å². The van der Waals surface area contributed by atoms with Gasteiger partial charge in [0.25, 0.3) is 0 Å². The number of nitrogens with zero attached hydrogens (tertiary/aromatic N) is 2. The Morgan fingerprint density at radius 3 is 2.75 bits per heavy atom. The second-order valence-corrected chi connectivity index (χ2v) is 3.82. The number of rotatable bonds is 0. The van der Waals surface area contributed by atoms with Crippen LogP contribution in [0, 0.1) is 11.5 Å². The summed E-state index contributed by atoms with van der Waals surface area (Å²) in [5.74, 6) is 0.